The van der Waals surface area contributed by atoms with Gasteiger partial charge in [0, 0.05) is 18.9 Å². The number of aliphatic hydroxyl groups is 3. The molecule has 1 fully saturated rings. The van der Waals surface area contributed by atoms with Crippen LogP contribution in [0.4, 0.5) is 0 Å². The van der Waals surface area contributed by atoms with Crippen molar-refractivity contribution in [3.63, 3.8) is 0 Å². The summed E-state index contributed by atoms with van der Waals surface area (Å²) in [6.07, 6.45) is -3.44. The van der Waals surface area contributed by atoms with Gasteiger partial charge in [-0.25, -0.2) is 9.59 Å². The number of rotatable bonds is 4. The minimum atomic E-state index is -2.31. The first kappa shape index (κ1) is 28.2. The number of aliphatic hydroxyl groups excluding tert-OH is 2. The quantitative estimate of drug-likeness (QED) is 0.130. The van der Waals surface area contributed by atoms with Gasteiger partial charge in [-0.1, -0.05) is 6.07 Å². The molecule has 0 spiro atoms. The molecular formula is C16H24N2O9Pt+4. The predicted octanol–water partition coefficient (Wildman–Crippen LogP) is -0.324. The van der Waals surface area contributed by atoms with Crippen LogP contribution in [0, 0.1) is 0 Å². The summed E-state index contributed by atoms with van der Waals surface area (Å²) in [5, 5.41) is 57.0. The van der Waals surface area contributed by atoms with Crippen LogP contribution in [0.3, 0.4) is 0 Å². The van der Waals surface area contributed by atoms with Crippen molar-refractivity contribution < 1.29 is 66.0 Å². The maximum absolute atomic E-state index is 11.8. The Morgan fingerprint density at radius 3 is 2.25 bits per heavy atom. The number of aliphatic carboxylic acids is 1. The van der Waals surface area contributed by atoms with Crippen LogP contribution in [0.15, 0.2) is 24.3 Å². The summed E-state index contributed by atoms with van der Waals surface area (Å²) in [4.78, 5) is 22.9. The van der Waals surface area contributed by atoms with Crippen molar-refractivity contribution in [2.75, 3.05) is 0 Å². The molecular weight excluding hydrogens is 559 g/mol. The third-order valence-corrected chi connectivity index (χ3v) is 3.94. The van der Waals surface area contributed by atoms with Gasteiger partial charge in [0.15, 0.2) is 17.1 Å². The Morgan fingerprint density at radius 2 is 1.71 bits per heavy atom. The van der Waals surface area contributed by atoms with Gasteiger partial charge in [0.1, 0.15) is 12.2 Å². The van der Waals surface area contributed by atoms with Crippen molar-refractivity contribution in [3.8, 4) is 11.5 Å². The summed E-state index contributed by atoms with van der Waals surface area (Å²) in [5.74, 6) is -3.24. The van der Waals surface area contributed by atoms with Gasteiger partial charge < -0.3 is 47.7 Å². The molecule has 12 heteroatoms. The molecule has 12 N–H and O–H groups in total. The van der Waals surface area contributed by atoms with E-state index in [9.17, 15) is 35.1 Å². The van der Waals surface area contributed by atoms with Crippen LogP contribution in [0.25, 0.3) is 6.08 Å². The molecule has 1 aromatic rings. The minimum Gasteiger partial charge on any atom is -0.504 e. The number of aromatic hydroxyl groups is 2. The number of esters is 1. The molecule has 0 bridgehead atoms. The zero-order valence-electron chi connectivity index (χ0n) is 14.7. The molecule has 2 rings (SSSR count). The summed E-state index contributed by atoms with van der Waals surface area (Å²) in [6, 6.07) is 3.83. The second kappa shape index (κ2) is 11.1. The van der Waals surface area contributed by atoms with Gasteiger partial charge in [-0.3, -0.25) is 0 Å². The number of benzene rings is 1. The smallest absolute Gasteiger partial charge is 0.504 e. The van der Waals surface area contributed by atoms with Crippen molar-refractivity contribution in [1.29, 1.82) is 0 Å². The van der Waals surface area contributed by atoms with Crippen molar-refractivity contribution >= 4 is 18.0 Å². The van der Waals surface area contributed by atoms with E-state index in [0.717, 1.165) is 6.08 Å². The van der Waals surface area contributed by atoms with E-state index >= 15 is 0 Å². The van der Waals surface area contributed by atoms with Gasteiger partial charge in [-0.2, -0.15) is 0 Å². The topological polar surface area (TPSA) is 235 Å². The van der Waals surface area contributed by atoms with Gasteiger partial charge in [-0.15, -0.1) is 0 Å². The van der Waals surface area contributed by atoms with Crippen LogP contribution >= 0.6 is 0 Å². The Morgan fingerprint density at radius 1 is 1.11 bits per heavy atom. The molecule has 0 unspecified atom stereocenters. The standard InChI is InChI=1S/C16H18O9.2H3N.Pt/c17-9-3-1-8(5-10(9)18)2-4-13(20)25-12-7-16(24,15(22)23)6-11(19)14(12)21;;;/h1-5,11-12,14,17-19,21,24H,6-7H2,(H,22,23);2*1H3;/q;;;+4/b4-2+;;;/t11-,12-,14-,16+;;;/m1.../s1. The third-order valence-electron chi connectivity index (χ3n) is 3.94. The Bertz CT molecular complexity index is 715. The maximum atomic E-state index is 11.8. The first-order valence-electron chi connectivity index (χ1n) is 7.35. The van der Waals surface area contributed by atoms with Gasteiger partial charge >= 0.3 is 33.0 Å². The number of hydrogen-bond donors (Lipinski definition) is 8. The van der Waals surface area contributed by atoms with Crippen molar-refractivity contribution in [2.24, 2.45) is 0 Å². The molecule has 11 nitrogen and oxygen atoms in total. The van der Waals surface area contributed by atoms with E-state index < -0.39 is 48.7 Å². The van der Waals surface area contributed by atoms with Gasteiger partial charge in [-0.05, 0) is 23.8 Å². The van der Waals surface area contributed by atoms with Crippen molar-refractivity contribution in [2.45, 2.75) is 36.8 Å². The molecule has 0 aliphatic heterocycles. The monoisotopic (exact) mass is 583 g/mol. The Balaban J connectivity index is 0. The van der Waals surface area contributed by atoms with E-state index in [0.29, 0.717) is 5.56 Å². The zero-order valence-corrected chi connectivity index (χ0v) is 16.9. The summed E-state index contributed by atoms with van der Waals surface area (Å²) < 4.78 is 4.92. The largest absolute Gasteiger partial charge is 4.00 e. The summed E-state index contributed by atoms with van der Waals surface area (Å²) >= 11 is 0. The zero-order chi connectivity index (χ0) is 18.8. The van der Waals surface area contributed by atoms with Crippen LogP contribution in [0.1, 0.15) is 18.4 Å². The molecule has 0 amide bonds. The first-order valence-corrected chi connectivity index (χ1v) is 7.35. The van der Waals surface area contributed by atoms with E-state index in [2.05, 4.69) is 0 Å². The fourth-order valence-corrected chi connectivity index (χ4v) is 2.53. The van der Waals surface area contributed by atoms with Crippen molar-refractivity contribution in [1.82, 2.24) is 12.3 Å². The van der Waals surface area contributed by atoms with E-state index in [1.54, 1.807) is 0 Å². The van der Waals surface area contributed by atoms with E-state index in [-0.39, 0.29) is 44.9 Å². The normalized spacial score (nSPS) is 26.3. The summed E-state index contributed by atoms with van der Waals surface area (Å²) in [6.45, 7) is 0. The fraction of sp³-hybridized carbons (Fsp3) is 0.375. The molecule has 1 aliphatic carbocycles. The number of phenols is 2. The fourth-order valence-electron chi connectivity index (χ4n) is 2.53. The van der Waals surface area contributed by atoms with Crippen molar-refractivity contribution in [3.05, 3.63) is 29.8 Å². The van der Waals surface area contributed by atoms with Gasteiger partial charge in [0.05, 0.1) is 6.10 Å². The number of carbonyl (C=O) groups is 2. The average Bonchev–Trinajstić information content (AvgIpc) is 2.53. The minimum absolute atomic E-state index is 0. The van der Waals surface area contributed by atoms with Crippen LogP contribution in [0.2, 0.25) is 0 Å². The third kappa shape index (κ3) is 6.55. The number of phenolic OH excluding ortho intramolecular Hbond substituents is 2. The Labute approximate surface area is 174 Å². The average molecular weight is 583 g/mol. The number of ether oxygens (including phenoxy) is 1. The molecule has 1 saturated carbocycles. The van der Waals surface area contributed by atoms with Gasteiger partial charge in [0.2, 0.25) is 0 Å². The molecule has 1 aliphatic rings. The number of carbonyl (C=O) groups excluding carboxylic acids is 1. The number of hydrogen-bond acceptors (Lipinski definition) is 10. The second-order valence-corrected chi connectivity index (χ2v) is 5.86. The molecule has 0 aromatic heterocycles. The number of carboxylic acid groups (broad SMARTS) is 1. The van der Waals surface area contributed by atoms with Crippen LogP contribution < -0.4 is 12.3 Å². The molecule has 4 atom stereocenters. The Kier molecular flexibility index (Phi) is 11.2. The first-order chi connectivity index (χ1) is 11.6. The van der Waals surface area contributed by atoms with E-state index in [1.807, 2.05) is 0 Å². The van der Waals surface area contributed by atoms with Crippen LogP contribution in [-0.4, -0.2) is 66.5 Å². The maximum Gasteiger partial charge on any atom is 4.00 e. The predicted molar refractivity (Wildman–Crippen MR) is 92.6 cm³/mol. The molecule has 158 valence electrons. The van der Waals surface area contributed by atoms with E-state index in [1.165, 1.54) is 24.3 Å². The van der Waals surface area contributed by atoms with Crippen LogP contribution in [0.5, 0.6) is 11.5 Å². The summed E-state index contributed by atoms with van der Waals surface area (Å²) in [5.41, 5.74) is -1.94. The van der Waals surface area contributed by atoms with Crippen LogP contribution in [-0.2, 0) is 35.4 Å². The summed E-state index contributed by atoms with van der Waals surface area (Å²) in [7, 11) is 0. The molecule has 1 aromatic carbocycles. The number of carboxylic acids is 1. The molecule has 0 heterocycles. The SMILES string of the molecule is N.N.O=C(/C=C/c1ccc(O)c(O)c1)O[C@@H]1C[C@](O)(C(=O)O)C[C@@H](O)[C@H]1O.[Pt+4]. The second-order valence-electron chi connectivity index (χ2n) is 5.86. The molecule has 28 heavy (non-hydrogen) atoms. The van der Waals surface area contributed by atoms with Gasteiger partial charge in [0.25, 0.3) is 0 Å². The molecule has 0 saturated heterocycles. The van der Waals surface area contributed by atoms with E-state index in [4.69, 9.17) is 9.84 Å². The Hall–Kier alpha value is -2.01. The molecule has 0 radical (unpaired) electrons.